The number of ether oxygens (including phenoxy) is 1. The molecule has 1 N–H and O–H groups in total. The van der Waals surface area contributed by atoms with Crippen molar-refractivity contribution in [2.75, 3.05) is 13.7 Å². The van der Waals surface area contributed by atoms with Crippen LogP contribution in [0, 0.1) is 0 Å². The number of rotatable bonds is 6. The number of carbonyl (C=O) groups is 2. The van der Waals surface area contributed by atoms with Crippen molar-refractivity contribution >= 4 is 11.9 Å². The van der Waals surface area contributed by atoms with Crippen LogP contribution in [-0.4, -0.2) is 35.3 Å². The molecule has 6 heteroatoms. The number of likely N-dealkylation sites (N-methyl/N-ethyl adjacent to an activating group) is 1. The van der Waals surface area contributed by atoms with Crippen molar-refractivity contribution in [3.05, 3.63) is 53.3 Å². The van der Waals surface area contributed by atoms with E-state index in [0.29, 0.717) is 25.1 Å². The number of carbonyl (C=O) groups excluding carboxylic acids is 2. The van der Waals surface area contributed by atoms with E-state index in [4.69, 9.17) is 4.74 Å². The lowest BCUT2D eigenvalue weighted by molar-refractivity contribution is -0.119. The smallest absolute Gasteiger partial charge is 0.341 e. The van der Waals surface area contributed by atoms with Crippen LogP contribution in [0.25, 0.3) is 0 Å². The lowest BCUT2D eigenvalue weighted by Crippen LogP contribution is -2.19. The first-order chi connectivity index (χ1) is 10.6. The summed E-state index contributed by atoms with van der Waals surface area (Å²) in [6.45, 7) is 2.67. The molecular formula is C16H19N3O3. The molecule has 0 bridgehead atoms. The molecule has 0 aliphatic rings. The van der Waals surface area contributed by atoms with E-state index in [-0.39, 0.29) is 11.9 Å². The van der Waals surface area contributed by atoms with Crippen molar-refractivity contribution in [2.45, 2.75) is 19.9 Å². The van der Waals surface area contributed by atoms with Crippen LogP contribution < -0.4 is 5.32 Å². The van der Waals surface area contributed by atoms with Gasteiger partial charge in [0, 0.05) is 13.2 Å². The highest BCUT2D eigenvalue weighted by molar-refractivity contribution is 5.88. The fourth-order valence-electron chi connectivity index (χ4n) is 1.99. The summed E-state index contributed by atoms with van der Waals surface area (Å²) >= 11 is 0. The number of nitrogens with one attached hydrogen (secondary N) is 1. The Bertz CT molecular complexity index is 647. The van der Waals surface area contributed by atoms with E-state index >= 15 is 0 Å². The Morgan fingerprint density at radius 2 is 1.91 bits per heavy atom. The minimum absolute atomic E-state index is 0.0149. The minimum atomic E-state index is -0.366. The van der Waals surface area contributed by atoms with E-state index in [0.717, 1.165) is 11.1 Å². The number of esters is 1. The quantitative estimate of drug-likeness (QED) is 0.819. The molecular weight excluding hydrogens is 282 g/mol. The molecule has 0 saturated heterocycles. The standard InChI is InChI=1S/C16H19N3O3/c1-3-22-16(21)14-9-18-19(11-14)10-13-6-4-12(5-7-13)8-15(20)17-2/h4-7,9,11H,3,8,10H2,1-2H3,(H,17,20). The molecule has 2 rings (SSSR count). The third-order valence-electron chi connectivity index (χ3n) is 3.16. The van der Waals surface area contributed by atoms with Gasteiger partial charge in [0.2, 0.25) is 5.91 Å². The molecule has 2 aromatic rings. The zero-order valence-electron chi connectivity index (χ0n) is 12.7. The molecule has 0 unspecified atom stereocenters. The van der Waals surface area contributed by atoms with E-state index in [9.17, 15) is 9.59 Å². The van der Waals surface area contributed by atoms with E-state index in [1.807, 2.05) is 24.3 Å². The zero-order chi connectivity index (χ0) is 15.9. The number of nitrogens with zero attached hydrogens (tertiary/aromatic N) is 2. The molecule has 0 aliphatic carbocycles. The van der Waals surface area contributed by atoms with Gasteiger partial charge in [-0.1, -0.05) is 24.3 Å². The molecule has 1 amide bonds. The van der Waals surface area contributed by atoms with Crippen LogP contribution in [0.1, 0.15) is 28.4 Å². The monoisotopic (exact) mass is 301 g/mol. The summed E-state index contributed by atoms with van der Waals surface area (Å²) in [5.41, 5.74) is 2.44. The van der Waals surface area contributed by atoms with Crippen LogP contribution in [0.4, 0.5) is 0 Å². The normalized spacial score (nSPS) is 10.3. The van der Waals surface area contributed by atoms with Crippen LogP contribution in [0.3, 0.4) is 0 Å². The Hall–Kier alpha value is -2.63. The van der Waals surface area contributed by atoms with Gasteiger partial charge >= 0.3 is 5.97 Å². The molecule has 116 valence electrons. The van der Waals surface area contributed by atoms with Crippen LogP contribution in [0.5, 0.6) is 0 Å². The van der Waals surface area contributed by atoms with Crippen LogP contribution in [0.2, 0.25) is 0 Å². The summed E-state index contributed by atoms with van der Waals surface area (Å²) in [7, 11) is 1.62. The van der Waals surface area contributed by atoms with Crippen molar-refractivity contribution < 1.29 is 14.3 Å². The van der Waals surface area contributed by atoms with Gasteiger partial charge in [-0.15, -0.1) is 0 Å². The maximum atomic E-state index is 11.6. The topological polar surface area (TPSA) is 73.2 Å². The second-order valence-electron chi connectivity index (χ2n) is 4.81. The summed E-state index contributed by atoms with van der Waals surface area (Å²) in [5.74, 6) is -0.381. The lowest BCUT2D eigenvalue weighted by Gasteiger charge is -2.04. The van der Waals surface area contributed by atoms with Crippen molar-refractivity contribution in [2.24, 2.45) is 0 Å². The Labute approximate surface area is 129 Å². The Kier molecular flexibility index (Phi) is 5.30. The van der Waals surface area contributed by atoms with Crippen LogP contribution in [0.15, 0.2) is 36.7 Å². The Morgan fingerprint density at radius 3 is 2.55 bits per heavy atom. The Balaban J connectivity index is 1.99. The van der Waals surface area contributed by atoms with E-state index in [2.05, 4.69) is 10.4 Å². The van der Waals surface area contributed by atoms with Gasteiger partial charge in [-0.2, -0.15) is 5.10 Å². The van der Waals surface area contributed by atoms with Gasteiger partial charge in [0.05, 0.1) is 31.3 Å². The molecule has 6 nitrogen and oxygen atoms in total. The molecule has 1 heterocycles. The average Bonchev–Trinajstić information content (AvgIpc) is 2.98. The SMILES string of the molecule is CCOC(=O)c1cnn(Cc2ccc(CC(=O)NC)cc2)c1. The third-order valence-corrected chi connectivity index (χ3v) is 3.16. The first kappa shape index (κ1) is 15.8. The molecule has 1 aromatic heterocycles. The van der Waals surface area contributed by atoms with Crippen molar-refractivity contribution in [1.29, 1.82) is 0 Å². The first-order valence-corrected chi connectivity index (χ1v) is 7.10. The van der Waals surface area contributed by atoms with Crippen LogP contribution >= 0.6 is 0 Å². The highest BCUT2D eigenvalue weighted by Gasteiger charge is 2.09. The Morgan fingerprint density at radius 1 is 1.23 bits per heavy atom. The summed E-state index contributed by atoms with van der Waals surface area (Å²) in [4.78, 5) is 22.9. The van der Waals surface area contributed by atoms with Gasteiger partial charge in [0.25, 0.3) is 0 Å². The molecule has 0 fully saturated rings. The van der Waals surface area contributed by atoms with Gasteiger partial charge in [0.15, 0.2) is 0 Å². The van der Waals surface area contributed by atoms with Crippen molar-refractivity contribution in [1.82, 2.24) is 15.1 Å². The number of benzene rings is 1. The molecule has 0 spiro atoms. The molecule has 0 aliphatic heterocycles. The van der Waals surface area contributed by atoms with Gasteiger partial charge in [0.1, 0.15) is 0 Å². The fraction of sp³-hybridized carbons (Fsp3) is 0.312. The third kappa shape index (κ3) is 4.18. The van der Waals surface area contributed by atoms with E-state index in [1.165, 1.54) is 6.20 Å². The van der Waals surface area contributed by atoms with Crippen molar-refractivity contribution in [3.8, 4) is 0 Å². The maximum Gasteiger partial charge on any atom is 0.341 e. The molecule has 1 aromatic carbocycles. The second kappa shape index (κ2) is 7.40. The summed E-state index contributed by atoms with van der Waals surface area (Å²) in [6.07, 6.45) is 3.53. The molecule has 0 atom stereocenters. The minimum Gasteiger partial charge on any atom is -0.462 e. The average molecular weight is 301 g/mol. The van der Waals surface area contributed by atoms with Gasteiger partial charge < -0.3 is 10.1 Å². The maximum absolute atomic E-state index is 11.6. The molecule has 0 saturated carbocycles. The van der Waals surface area contributed by atoms with Gasteiger partial charge in [-0.05, 0) is 18.1 Å². The molecule has 0 radical (unpaired) electrons. The summed E-state index contributed by atoms with van der Waals surface area (Å²) < 4.78 is 6.61. The lowest BCUT2D eigenvalue weighted by atomic mass is 10.1. The van der Waals surface area contributed by atoms with Crippen molar-refractivity contribution in [3.63, 3.8) is 0 Å². The second-order valence-corrected chi connectivity index (χ2v) is 4.81. The zero-order valence-corrected chi connectivity index (χ0v) is 12.7. The highest BCUT2D eigenvalue weighted by atomic mass is 16.5. The first-order valence-electron chi connectivity index (χ1n) is 7.10. The molecule has 22 heavy (non-hydrogen) atoms. The summed E-state index contributed by atoms with van der Waals surface area (Å²) in [5, 5.41) is 6.75. The van der Waals surface area contributed by atoms with E-state index in [1.54, 1.807) is 24.9 Å². The van der Waals surface area contributed by atoms with Gasteiger partial charge in [-0.25, -0.2) is 4.79 Å². The number of hydrogen-bond donors (Lipinski definition) is 1. The number of aromatic nitrogens is 2. The largest absolute Gasteiger partial charge is 0.462 e. The van der Waals surface area contributed by atoms with Crippen LogP contribution in [-0.2, 0) is 22.5 Å². The fourth-order valence-corrected chi connectivity index (χ4v) is 1.99. The predicted molar refractivity (Wildman–Crippen MR) is 81.5 cm³/mol. The number of amides is 1. The predicted octanol–water partition coefficient (Wildman–Crippen LogP) is 1.40. The highest BCUT2D eigenvalue weighted by Crippen LogP contribution is 2.08. The van der Waals surface area contributed by atoms with Gasteiger partial charge in [-0.3, -0.25) is 9.48 Å². The summed E-state index contributed by atoms with van der Waals surface area (Å²) in [6, 6.07) is 7.73. The number of hydrogen-bond acceptors (Lipinski definition) is 4. The van der Waals surface area contributed by atoms with E-state index < -0.39 is 0 Å².